The third-order valence-electron chi connectivity index (χ3n) is 2.79. The van der Waals surface area contributed by atoms with Crippen molar-refractivity contribution in [1.82, 2.24) is 14.9 Å². The predicted molar refractivity (Wildman–Crippen MR) is 71.7 cm³/mol. The molecule has 2 heterocycles. The Morgan fingerprint density at radius 1 is 1.50 bits per heavy atom. The summed E-state index contributed by atoms with van der Waals surface area (Å²) < 4.78 is 16.5. The number of rotatable bonds is 1. The zero-order chi connectivity index (χ0) is 12.7. The summed E-state index contributed by atoms with van der Waals surface area (Å²) >= 11 is 4.94. The zero-order valence-electron chi connectivity index (χ0n) is 9.52. The van der Waals surface area contributed by atoms with Gasteiger partial charge in [0.05, 0.1) is 6.04 Å². The Balaban J connectivity index is 1.96. The highest BCUT2D eigenvalue weighted by Gasteiger charge is 2.24. The maximum Gasteiger partial charge on any atom is 0.210 e. The van der Waals surface area contributed by atoms with E-state index < -0.39 is 0 Å². The summed E-state index contributed by atoms with van der Waals surface area (Å²) in [5.41, 5.74) is 3.89. The molecule has 0 aliphatic carbocycles. The zero-order valence-corrected chi connectivity index (χ0v) is 11.9. The van der Waals surface area contributed by atoms with Gasteiger partial charge in [0.1, 0.15) is 11.6 Å². The number of benzene rings is 1. The highest BCUT2D eigenvalue weighted by molar-refractivity contribution is 9.10. The van der Waals surface area contributed by atoms with Gasteiger partial charge in [-0.2, -0.15) is 0 Å². The minimum Gasteiger partial charge on any atom is -0.314 e. The molecule has 94 valence electrons. The first-order valence-corrected chi connectivity index (χ1v) is 7.19. The molecular formula is C11H10BrFN4S. The maximum atomic E-state index is 13.8. The second-order valence-corrected chi connectivity index (χ2v) is 5.93. The van der Waals surface area contributed by atoms with Gasteiger partial charge in [0.2, 0.25) is 5.16 Å². The molecule has 1 aromatic heterocycles. The van der Waals surface area contributed by atoms with E-state index >= 15 is 0 Å². The van der Waals surface area contributed by atoms with Crippen LogP contribution in [0.25, 0.3) is 0 Å². The predicted octanol–water partition coefficient (Wildman–Crippen LogP) is 2.88. The van der Waals surface area contributed by atoms with E-state index in [1.165, 1.54) is 6.07 Å². The highest BCUT2D eigenvalue weighted by Crippen LogP contribution is 2.31. The van der Waals surface area contributed by atoms with Crippen molar-refractivity contribution in [1.29, 1.82) is 0 Å². The van der Waals surface area contributed by atoms with Crippen molar-refractivity contribution in [3.05, 3.63) is 39.9 Å². The number of hydrogen-bond donors (Lipinski definition) is 1. The van der Waals surface area contributed by atoms with Gasteiger partial charge in [-0.05, 0) is 25.1 Å². The van der Waals surface area contributed by atoms with Crippen LogP contribution in [0.3, 0.4) is 0 Å². The van der Waals surface area contributed by atoms with Gasteiger partial charge in [0.25, 0.3) is 0 Å². The fraction of sp³-hybridized carbons (Fsp3) is 0.273. The Hall–Kier alpha value is -1.08. The number of aryl methyl sites for hydroxylation is 1. The first kappa shape index (κ1) is 12.0. The summed E-state index contributed by atoms with van der Waals surface area (Å²) in [6, 6.07) is 4.89. The third kappa shape index (κ3) is 2.01. The van der Waals surface area contributed by atoms with Crippen LogP contribution in [0.2, 0.25) is 0 Å². The summed E-state index contributed by atoms with van der Waals surface area (Å²) in [6.45, 7) is 1.86. The highest BCUT2D eigenvalue weighted by atomic mass is 79.9. The van der Waals surface area contributed by atoms with Crippen LogP contribution in [0.4, 0.5) is 4.39 Å². The van der Waals surface area contributed by atoms with Crippen LogP contribution < -0.4 is 5.43 Å². The number of fused-ring (bicyclic) bond motifs is 1. The molecule has 2 aromatic rings. The minimum absolute atomic E-state index is 0.0882. The molecule has 0 bridgehead atoms. The molecule has 1 aromatic carbocycles. The first-order valence-electron chi connectivity index (χ1n) is 5.41. The number of thioether (sulfide) groups is 1. The average molecular weight is 329 g/mol. The monoisotopic (exact) mass is 328 g/mol. The summed E-state index contributed by atoms with van der Waals surface area (Å²) in [7, 11) is 0. The molecule has 4 nitrogen and oxygen atoms in total. The Labute approximate surface area is 116 Å². The summed E-state index contributed by atoms with van der Waals surface area (Å²) in [4.78, 5) is 0. The van der Waals surface area contributed by atoms with E-state index in [1.807, 2.05) is 6.92 Å². The van der Waals surface area contributed by atoms with Crippen LogP contribution in [-0.2, 0) is 0 Å². The minimum atomic E-state index is -0.203. The molecule has 1 atom stereocenters. The lowest BCUT2D eigenvalue weighted by Crippen LogP contribution is -2.29. The number of nitrogens with zero attached hydrogens (tertiary/aromatic N) is 3. The lowest BCUT2D eigenvalue weighted by Gasteiger charge is -2.26. The largest absolute Gasteiger partial charge is 0.314 e. The fourth-order valence-corrected chi connectivity index (χ4v) is 3.24. The molecule has 0 amide bonds. The number of halogens is 2. The summed E-state index contributed by atoms with van der Waals surface area (Å²) in [6.07, 6.45) is 0. The number of nitrogens with one attached hydrogen (secondary N) is 1. The number of hydrogen-bond acceptors (Lipinski definition) is 4. The van der Waals surface area contributed by atoms with Crippen LogP contribution in [0.5, 0.6) is 0 Å². The van der Waals surface area contributed by atoms with Crippen molar-refractivity contribution >= 4 is 27.7 Å². The van der Waals surface area contributed by atoms with Crippen molar-refractivity contribution in [3.8, 4) is 0 Å². The molecule has 0 spiro atoms. The van der Waals surface area contributed by atoms with Crippen LogP contribution in [-0.4, -0.2) is 20.6 Å². The van der Waals surface area contributed by atoms with Gasteiger partial charge in [0, 0.05) is 15.8 Å². The normalized spacial score (nSPS) is 18.3. The number of aromatic nitrogens is 3. The second-order valence-electron chi connectivity index (χ2n) is 4.02. The quantitative estimate of drug-likeness (QED) is 0.874. The standard InChI is InChI=1S/C11H10BrFN4S/c1-6-14-15-11-17(6)16-10(5-18-11)8-4-7(12)2-3-9(8)13/h2-4,10,16H,5H2,1H3. The van der Waals surface area contributed by atoms with Crippen LogP contribution in [0, 0.1) is 12.7 Å². The molecule has 0 fully saturated rings. The Bertz CT molecular complexity index is 601. The Morgan fingerprint density at radius 2 is 2.33 bits per heavy atom. The molecule has 1 aliphatic heterocycles. The van der Waals surface area contributed by atoms with Crippen molar-refractivity contribution in [2.75, 3.05) is 11.2 Å². The van der Waals surface area contributed by atoms with E-state index in [0.717, 1.165) is 21.2 Å². The summed E-state index contributed by atoms with van der Waals surface area (Å²) in [5.74, 6) is 1.30. The first-order chi connectivity index (χ1) is 8.65. The van der Waals surface area contributed by atoms with Crippen LogP contribution in [0.15, 0.2) is 27.8 Å². The molecule has 1 aliphatic rings. The van der Waals surface area contributed by atoms with E-state index in [4.69, 9.17) is 0 Å². The molecule has 0 saturated carbocycles. The average Bonchev–Trinajstić information content (AvgIpc) is 2.74. The van der Waals surface area contributed by atoms with E-state index in [2.05, 4.69) is 31.6 Å². The molecule has 1 N–H and O–H groups in total. The molecule has 3 rings (SSSR count). The second kappa shape index (κ2) is 4.55. The molecule has 0 saturated heterocycles. The Morgan fingerprint density at radius 3 is 3.17 bits per heavy atom. The van der Waals surface area contributed by atoms with Gasteiger partial charge < -0.3 is 5.43 Å². The van der Waals surface area contributed by atoms with Gasteiger partial charge in [0.15, 0.2) is 0 Å². The third-order valence-corrected chi connectivity index (χ3v) is 4.31. The summed E-state index contributed by atoms with van der Waals surface area (Å²) in [5, 5.41) is 8.85. The van der Waals surface area contributed by atoms with Gasteiger partial charge >= 0.3 is 0 Å². The fourth-order valence-electron chi connectivity index (χ4n) is 1.88. The van der Waals surface area contributed by atoms with E-state index in [9.17, 15) is 4.39 Å². The molecule has 1 unspecified atom stereocenters. The molecule has 18 heavy (non-hydrogen) atoms. The van der Waals surface area contributed by atoms with Crippen molar-refractivity contribution in [3.63, 3.8) is 0 Å². The lowest BCUT2D eigenvalue weighted by atomic mass is 10.1. The molecule has 7 heteroatoms. The molecule has 0 radical (unpaired) electrons. The van der Waals surface area contributed by atoms with E-state index in [1.54, 1.807) is 28.6 Å². The van der Waals surface area contributed by atoms with Crippen molar-refractivity contribution in [2.24, 2.45) is 0 Å². The van der Waals surface area contributed by atoms with Crippen molar-refractivity contribution in [2.45, 2.75) is 18.1 Å². The molecular weight excluding hydrogens is 319 g/mol. The van der Waals surface area contributed by atoms with Crippen molar-refractivity contribution < 1.29 is 4.39 Å². The maximum absolute atomic E-state index is 13.8. The van der Waals surface area contributed by atoms with E-state index in [0.29, 0.717) is 5.56 Å². The van der Waals surface area contributed by atoms with Crippen LogP contribution in [0.1, 0.15) is 17.4 Å². The lowest BCUT2D eigenvalue weighted by molar-refractivity contribution is 0.574. The van der Waals surface area contributed by atoms with Gasteiger partial charge in [-0.15, -0.1) is 10.2 Å². The van der Waals surface area contributed by atoms with E-state index in [-0.39, 0.29) is 11.9 Å². The topological polar surface area (TPSA) is 42.7 Å². The van der Waals surface area contributed by atoms with Gasteiger partial charge in [-0.1, -0.05) is 27.7 Å². The smallest absolute Gasteiger partial charge is 0.210 e. The van der Waals surface area contributed by atoms with Gasteiger partial charge in [-0.3, -0.25) is 0 Å². The Kier molecular flexibility index (Phi) is 3.03. The SMILES string of the molecule is Cc1nnc2n1NC(c1cc(Br)ccc1F)CS2. The van der Waals surface area contributed by atoms with Crippen LogP contribution >= 0.6 is 27.7 Å². The van der Waals surface area contributed by atoms with Gasteiger partial charge in [-0.25, -0.2) is 9.07 Å².